The fourth-order valence-corrected chi connectivity index (χ4v) is 7.73. The van der Waals surface area contributed by atoms with Crippen molar-refractivity contribution in [1.29, 1.82) is 0 Å². The van der Waals surface area contributed by atoms with E-state index in [4.69, 9.17) is 13.9 Å². The van der Waals surface area contributed by atoms with E-state index >= 15 is 0 Å². The third-order valence-corrected chi connectivity index (χ3v) is 11.3. The molecule has 0 fully saturated rings. The number of hydrogen-bond acceptors (Lipinski definition) is 3. The van der Waals surface area contributed by atoms with Gasteiger partial charge in [0.25, 0.3) is 0 Å². The van der Waals surface area contributed by atoms with Crippen molar-refractivity contribution in [3.63, 3.8) is 0 Å². The van der Waals surface area contributed by atoms with E-state index < -0.39 is 8.32 Å². The van der Waals surface area contributed by atoms with Gasteiger partial charge in [0.2, 0.25) is 0 Å². The van der Waals surface area contributed by atoms with E-state index in [9.17, 15) is 0 Å². The molecular weight excluding hydrogens is 557 g/mol. The predicted molar refractivity (Wildman–Crippen MR) is 194 cm³/mol. The zero-order chi connectivity index (χ0) is 31.6. The smallest absolute Gasteiger partial charge is 0.186 e. The number of hydrogen-bond donors (Lipinski definition) is 0. The Hall–Kier alpha value is -1.46. The van der Waals surface area contributed by atoms with Crippen molar-refractivity contribution in [2.45, 2.75) is 161 Å². The van der Waals surface area contributed by atoms with Crippen LogP contribution in [0.5, 0.6) is 0 Å². The molecule has 0 saturated heterocycles. The van der Waals surface area contributed by atoms with E-state index in [1.807, 2.05) is 0 Å². The number of unbranched alkanes of at least 4 members (excludes halogenated alkanes) is 16. The Labute approximate surface area is 274 Å². The Bertz CT molecular complexity index is 899. The standard InChI is InChI=1S/C40H68O3Si/c1-5-7-9-10-11-12-13-14-15-16-17-18-19-20-21-25-32-41-35-40(36-43-44(3,4)33-8-6-2)42-34-37-28-30-39(31-29-37)38-26-23-22-24-27-38/h22-24,26-31,40H,5-21,25,32-36H2,1-4H3/t40-/m1/s1. The van der Waals surface area contributed by atoms with Crippen LogP contribution in [0.2, 0.25) is 19.1 Å². The summed E-state index contributed by atoms with van der Waals surface area (Å²) in [6.07, 6.45) is 24.7. The van der Waals surface area contributed by atoms with Gasteiger partial charge in [-0.3, -0.25) is 0 Å². The van der Waals surface area contributed by atoms with Crippen LogP contribution in [0.1, 0.15) is 135 Å². The normalized spacial score (nSPS) is 12.5. The van der Waals surface area contributed by atoms with Crippen molar-refractivity contribution in [2.24, 2.45) is 0 Å². The Morgan fingerprint density at radius 1 is 0.545 bits per heavy atom. The van der Waals surface area contributed by atoms with E-state index in [1.165, 1.54) is 132 Å². The summed E-state index contributed by atoms with van der Waals surface area (Å²) in [6.45, 7) is 11.9. The molecule has 0 saturated carbocycles. The first-order valence-electron chi connectivity index (χ1n) is 18.5. The van der Waals surface area contributed by atoms with Crippen LogP contribution < -0.4 is 0 Å². The molecule has 0 aliphatic heterocycles. The van der Waals surface area contributed by atoms with Crippen LogP contribution >= 0.6 is 0 Å². The van der Waals surface area contributed by atoms with Gasteiger partial charge < -0.3 is 13.9 Å². The van der Waals surface area contributed by atoms with Crippen LogP contribution in [0, 0.1) is 0 Å². The van der Waals surface area contributed by atoms with Crippen molar-refractivity contribution in [2.75, 3.05) is 19.8 Å². The van der Waals surface area contributed by atoms with Crippen LogP contribution in [-0.4, -0.2) is 34.2 Å². The SMILES string of the molecule is CCCCCCCCCCCCCCCCCCOC[C@H](CO[Si](C)(C)CCCC)OCc1ccc(-c2ccccc2)cc1. The first-order valence-corrected chi connectivity index (χ1v) is 21.6. The molecule has 2 aromatic carbocycles. The van der Waals surface area contributed by atoms with Crippen LogP contribution in [0.15, 0.2) is 54.6 Å². The fourth-order valence-electron chi connectivity index (χ4n) is 5.74. The lowest BCUT2D eigenvalue weighted by atomic mass is 10.0. The molecule has 0 amide bonds. The largest absolute Gasteiger partial charge is 0.415 e. The zero-order valence-corrected chi connectivity index (χ0v) is 30.3. The minimum absolute atomic E-state index is 0.0294. The highest BCUT2D eigenvalue weighted by Gasteiger charge is 2.24. The van der Waals surface area contributed by atoms with E-state index in [-0.39, 0.29) is 6.10 Å². The summed E-state index contributed by atoms with van der Waals surface area (Å²) in [6, 6.07) is 20.5. The summed E-state index contributed by atoms with van der Waals surface area (Å²) in [5.74, 6) is 0. The second-order valence-electron chi connectivity index (χ2n) is 13.5. The quantitative estimate of drug-likeness (QED) is 0.0665. The van der Waals surface area contributed by atoms with E-state index in [0.717, 1.165) is 13.0 Å². The molecule has 44 heavy (non-hydrogen) atoms. The minimum atomic E-state index is -1.67. The summed E-state index contributed by atoms with van der Waals surface area (Å²) in [5, 5.41) is 0. The molecule has 2 rings (SSSR count). The fraction of sp³-hybridized carbons (Fsp3) is 0.700. The van der Waals surface area contributed by atoms with Crippen LogP contribution in [0.3, 0.4) is 0 Å². The molecule has 0 radical (unpaired) electrons. The maximum absolute atomic E-state index is 6.48. The number of ether oxygens (including phenoxy) is 2. The predicted octanol–water partition coefficient (Wildman–Crippen LogP) is 12.5. The van der Waals surface area contributed by atoms with Crippen LogP contribution in [0.25, 0.3) is 11.1 Å². The summed E-state index contributed by atoms with van der Waals surface area (Å²) < 4.78 is 19.0. The van der Waals surface area contributed by atoms with Gasteiger partial charge in [-0.2, -0.15) is 0 Å². The molecule has 0 bridgehead atoms. The average Bonchev–Trinajstić information content (AvgIpc) is 3.04. The molecule has 1 atom stereocenters. The van der Waals surface area contributed by atoms with E-state index in [0.29, 0.717) is 19.8 Å². The highest BCUT2D eigenvalue weighted by atomic mass is 28.4. The Morgan fingerprint density at radius 3 is 1.59 bits per heavy atom. The third kappa shape index (κ3) is 19.8. The summed E-state index contributed by atoms with van der Waals surface area (Å²) in [7, 11) is -1.67. The van der Waals surface area contributed by atoms with Crippen molar-refractivity contribution in [3.8, 4) is 11.1 Å². The lowest BCUT2D eigenvalue weighted by Gasteiger charge is -2.26. The molecule has 3 nitrogen and oxygen atoms in total. The van der Waals surface area contributed by atoms with Gasteiger partial charge in [-0.15, -0.1) is 0 Å². The van der Waals surface area contributed by atoms with Gasteiger partial charge in [-0.25, -0.2) is 0 Å². The maximum Gasteiger partial charge on any atom is 0.186 e. The average molecular weight is 625 g/mol. The summed E-state index contributed by atoms with van der Waals surface area (Å²) in [5.41, 5.74) is 3.67. The molecule has 0 unspecified atom stereocenters. The number of rotatable bonds is 29. The van der Waals surface area contributed by atoms with E-state index in [1.54, 1.807) is 0 Å². The third-order valence-electron chi connectivity index (χ3n) is 8.79. The minimum Gasteiger partial charge on any atom is -0.415 e. The van der Waals surface area contributed by atoms with Crippen molar-refractivity contribution in [3.05, 3.63) is 60.2 Å². The molecule has 4 heteroatoms. The summed E-state index contributed by atoms with van der Waals surface area (Å²) >= 11 is 0. The number of benzene rings is 2. The monoisotopic (exact) mass is 624 g/mol. The van der Waals surface area contributed by atoms with Gasteiger partial charge in [0, 0.05) is 6.61 Å². The van der Waals surface area contributed by atoms with Crippen LogP contribution in [0.4, 0.5) is 0 Å². The Balaban J connectivity index is 1.58. The maximum atomic E-state index is 6.48. The first-order chi connectivity index (χ1) is 21.5. The molecule has 2 aromatic rings. The molecule has 0 N–H and O–H groups in total. The lowest BCUT2D eigenvalue weighted by molar-refractivity contribution is -0.0470. The lowest BCUT2D eigenvalue weighted by Crippen LogP contribution is -2.36. The molecule has 0 aliphatic carbocycles. The molecule has 0 aliphatic rings. The zero-order valence-electron chi connectivity index (χ0n) is 29.3. The molecule has 0 aromatic heterocycles. The van der Waals surface area contributed by atoms with Gasteiger partial charge in [0.15, 0.2) is 8.32 Å². The second kappa shape index (κ2) is 25.7. The molecule has 0 heterocycles. The highest BCUT2D eigenvalue weighted by molar-refractivity contribution is 6.71. The first kappa shape index (κ1) is 38.7. The van der Waals surface area contributed by atoms with Crippen molar-refractivity contribution in [1.82, 2.24) is 0 Å². The van der Waals surface area contributed by atoms with Crippen molar-refractivity contribution < 1.29 is 13.9 Å². The van der Waals surface area contributed by atoms with E-state index in [2.05, 4.69) is 81.5 Å². The Morgan fingerprint density at radius 2 is 1.05 bits per heavy atom. The van der Waals surface area contributed by atoms with Gasteiger partial charge in [0.05, 0.1) is 19.8 Å². The van der Waals surface area contributed by atoms with Gasteiger partial charge in [-0.05, 0) is 42.2 Å². The molecule has 250 valence electrons. The molecular formula is C40H68O3Si. The highest BCUT2D eigenvalue weighted by Crippen LogP contribution is 2.21. The molecule has 0 spiro atoms. The van der Waals surface area contributed by atoms with Crippen LogP contribution in [-0.2, 0) is 20.5 Å². The topological polar surface area (TPSA) is 27.7 Å². The summed E-state index contributed by atoms with van der Waals surface area (Å²) in [4.78, 5) is 0. The second-order valence-corrected chi connectivity index (χ2v) is 17.9. The van der Waals surface area contributed by atoms with Crippen molar-refractivity contribution >= 4 is 8.32 Å². The van der Waals surface area contributed by atoms with Gasteiger partial charge >= 0.3 is 0 Å². The van der Waals surface area contributed by atoms with Gasteiger partial charge in [-0.1, -0.05) is 178 Å². The van der Waals surface area contributed by atoms with Gasteiger partial charge in [0.1, 0.15) is 6.10 Å². The Kier molecular flexibility index (Phi) is 22.6.